The highest BCUT2D eigenvalue weighted by Crippen LogP contribution is 2.27. The van der Waals surface area contributed by atoms with Crippen LogP contribution in [0.1, 0.15) is 10.4 Å². The van der Waals surface area contributed by atoms with Gasteiger partial charge < -0.3 is 9.88 Å². The van der Waals surface area contributed by atoms with Gasteiger partial charge in [-0.05, 0) is 36.4 Å². The number of para-hydroxylation sites is 1. The van der Waals surface area contributed by atoms with Crippen molar-refractivity contribution in [3.63, 3.8) is 0 Å². The number of nitrogens with one attached hydrogen (secondary N) is 2. The summed E-state index contributed by atoms with van der Waals surface area (Å²) in [4.78, 5) is 11.6. The van der Waals surface area contributed by atoms with Gasteiger partial charge in [-0.15, -0.1) is 10.2 Å². The lowest BCUT2D eigenvalue weighted by molar-refractivity contribution is 0.0963. The van der Waals surface area contributed by atoms with Gasteiger partial charge in [0.15, 0.2) is 5.82 Å². The molecule has 2 aromatic carbocycles. The van der Waals surface area contributed by atoms with E-state index >= 15 is 0 Å². The molecule has 0 atom stereocenters. The van der Waals surface area contributed by atoms with E-state index < -0.39 is 10.0 Å². The summed E-state index contributed by atoms with van der Waals surface area (Å²) in [6.45, 7) is 0. The molecule has 0 bridgehead atoms. The van der Waals surface area contributed by atoms with E-state index in [1.165, 1.54) is 37.6 Å². The zero-order chi connectivity index (χ0) is 18.7. The number of amides is 1. The first kappa shape index (κ1) is 17.6. The number of sulfonamides is 1. The molecule has 1 aromatic heterocycles. The van der Waals surface area contributed by atoms with Crippen molar-refractivity contribution in [1.29, 1.82) is 0 Å². The third-order valence-electron chi connectivity index (χ3n) is 3.78. The number of anilines is 1. The number of nitrogens with zero attached hydrogens (tertiary/aromatic N) is 3. The fourth-order valence-electron chi connectivity index (χ4n) is 2.43. The van der Waals surface area contributed by atoms with Crippen molar-refractivity contribution in [2.45, 2.75) is 4.90 Å². The Bertz CT molecular complexity index is 1040. The first-order valence-corrected chi connectivity index (χ1v) is 9.19. The van der Waals surface area contributed by atoms with Crippen molar-refractivity contribution in [2.75, 3.05) is 11.8 Å². The second kappa shape index (κ2) is 6.96. The lowest BCUT2D eigenvalue weighted by Crippen LogP contribution is -2.18. The van der Waals surface area contributed by atoms with Crippen LogP contribution in [0.3, 0.4) is 0 Å². The number of rotatable bonds is 5. The molecular weight excluding hydrogens is 354 g/mol. The molecule has 0 saturated carbocycles. The number of benzene rings is 2. The van der Waals surface area contributed by atoms with Gasteiger partial charge in [-0.3, -0.25) is 9.52 Å². The third kappa shape index (κ3) is 3.42. The van der Waals surface area contributed by atoms with Gasteiger partial charge in [-0.2, -0.15) is 0 Å². The number of carbonyl (C=O) groups is 1. The van der Waals surface area contributed by atoms with Gasteiger partial charge >= 0.3 is 0 Å². The summed E-state index contributed by atoms with van der Waals surface area (Å²) in [5.74, 6) is 0.257. The Labute approximate surface area is 150 Å². The van der Waals surface area contributed by atoms with Crippen LogP contribution in [0.5, 0.6) is 0 Å². The predicted molar refractivity (Wildman–Crippen MR) is 97.1 cm³/mol. The summed E-state index contributed by atoms with van der Waals surface area (Å²) in [5.41, 5.74) is 1.38. The largest absolute Gasteiger partial charge is 0.355 e. The lowest BCUT2D eigenvalue weighted by Gasteiger charge is -2.12. The number of aromatic nitrogens is 3. The molecule has 0 unspecified atom stereocenters. The van der Waals surface area contributed by atoms with Crippen molar-refractivity contribution in [1.82, 2.24) is 20.1 Å². The molecule has 3 rings (SSSR count). The van der Waals surface area contributed by atoms with Crippen molar-refractivity contribution in [2.24, 2.45) is 7.05 Å². The first-order valence-electron chi connectivity index (χ1n) is 7.71. The Morgan fingerprint density at radius 2 is 1.77 bits per heavy atom. The molecule has 0 spiro atoms. The number of aryl methyl sites for hydroxylation is 1. The fraction of sp³-hybridized carbons (Fsp3) is 0.118. The molecule has 0 fully saturated rings. The molecular formula is C17H17N5O3S. The van der Waals surface area contributed by atoms with Crippen LogP contribution in [0.25, 0.3) is 11.4 Å². The van der Waals surface area contributed by atoms with E-state index in [0.717, 1.165) is 0 Å². The third-order valence-corrected chi connectivity index (χ3v) is 5.16. The van der Waals surface area contributed by atoms with Gasteiger partial charge in [0.05, 0.1) is 10.6 Å². The van der Waals surface area contributed by atoms with Crippen LogP contribution in [-0.4, -0.2) is 36.1 Å². The average molecular weight is 371 g/mol. The van der Waals surface area contributed by atoms with Crippen LogP contribution < -0.4 is 10.0 Å². The summed E-state index contributed by atoms with van der Waals surface area (Å²) in [6, 6.07) is 12.6. The molecule has 2 N–H and O–H groups in total. The highest BCUT2D eigenvalue weighted by Gasteiger charge is 2.18. The summed E-state index contributed by atoms with van der Waals surface area (Å²) >= 11 is 0. The Morgan fingerprint density at radius 1 is 1.08 bits per heavy atom. The van der Waals surface area contributed by atoms with E-state index in [1.54, 1.807) is 35.9 Å². The van der Waals surface area contributed by atoms with Gasteiger partial charge in [0, 0.05) is 25.2 Å². The maximum atomic E-state index is 12.7. The Hall–Kier alpha value is -3.20. The van der Waals surface area contributed by atoms with Gasteiger partial charge in [-0.1, -0.05) is 12.1 Å². The van der Waals surface area contributed by atoms with Crippen LogP contribution in [0.15, 0.2) is 59.8 Å². The minimum absolute atomic E-state index is 0.0536. The summed E-state index contributed by atoms with van der Waals surface area (Å²) in [7, 11) is -0.540. The van der Waals surface area contributed by atoms with E-state index in [1.807, 2.05) is 0 Å². The molecule has 1 amide bonds. The predicted octanol–water partition coefficient (Wildman–Crippen LogP) is 1.64. The summed E-state index contributed by atoms with van der Waals surface area (Å²) in [5, 5.41) is 10.3. The standard InChI is InChI=1S/C17H17N5O3S/c1-18-17(23)12-7-9-13(10-8-12)26(24,25)21-15-6-4-3-5-14(15)16-20-19-11-22(16)2/h3-11,21H,1-2H3,(H,18,23). The SMILES string of the molecule is CNC(=O)c1ccc(S(=O)(=O)Nc2ccccc2-c2nncn2C)cc1. The van der Waals surface area contributed by atoms with Crippen molar-refractivity contribution in [3.8, 4) is 11.4 Å². The minimum Gasteiger partial charge on any atom is -0.355 e. The molecule has 0 aliphatic heterocycles. The molecule has 26 heavy (non-hydrogen) atoms. The zero-order valence-electron chi connectivity index (χ0n) is 14.2. The maximum absolute atomic E-state index is 12.7. The lowest BCUT2D eigenvalue weighted by atomic mass is 10.2. The average Bonchev–Trinajstić information content (AvgIpc) is 3.07. The number of hydrogen-bond donors (Lipinski definition) is 2. The normalized spacial score (nSPS) is 11.2. The first-order chi connectivity index (χ1) is 12.4. The van der Waals surface area contributed by atoms with Gasteiger partial charge in [-0.25, -0.2) is 8.42 Å². The van der Waals surface area contributed by atoms with Gasteiger partial charge in [0.2, 0.25) is 0 Å². The Morgan fingerprint density at radius 3 is 2.38 bits per heavy atom. The molecule has 134 valence electrons. The molecule has 0 radical (unpaired) electrons. The van der Waals surface area contributed by atoms with Crippen LogP contribution in [0, 0.1) is 0 Å². The molecule has 0 aliphatic carbocycles. The van der Waals surface area contributed by atoms with Crippen molar-refractivity contribution >= 4 is 21.6 Å². The smallest absolute Gasteiger partial charge is 0.261 e. The molecule has 3 aromatic rings. The van der Waals surface area contributed by atoms with Crippen molar-refractivity contribution < 1.29 is 13.2 Å². The molecule has 1 heterocycles. The summed E-state index contributed by atoms with van der Waals surface area (Å²) < 4.78 is 29.7. The van der Waals surface area contributed by atoms with Crippen LogP contribution in [-0.2, 0) is 17.1 Å². The quantitative estimate of drug-likeness (QED) is 0.709. The molecule has 8 nitrogen and oxygen atoms in total. The Balaban J connectivity index is 1.94. The maximum Gasteiger partial charge on any atom is 0.261 e. The Kier molecular flexibility index (Phi) is 4.72. The highest BCUT2D eigenvalue weighted by atomic mass is 32.2. The molecule has 9 heteroatoms. The van der Waals surface area contributed by atoms with Crippen molar-refractivity contribution in [3.05, 3.63) is 60.4 Å². The van der Waals surface area contributed by atoms with E-state index in [-0.39, 0.29) is 10.8 Å². The topological polar surface area (TPSA) is 106 Å². The molecule has 0 aliphatic rings. The summed E-state index contributed by atoms with van der Waals surface area (Å²) in [6.07, 6.45) is 1.54. The molecule has 0 saturated heterocycles. The van der Waals surface area contributed by atoms with E-state index in [2.05, 4.69) is 20.2 Å². The highest BCUT2D eigenvalue weighted by molar-refractivity contribution is 7.92. The number of hydrogen-bond acceptors (Lipinski definition) is 5. The van der Waals surface area contributed by atoms with Crippen LogP contribution >= 0.6 is 0 Å². The minimum atomic E-state index is -3.83. The van der Waals surface area contributed by atoms with Crippen LogP contribution in [0.4, 0.5) is 5.69 Å². The van der Waals surface area contributed by atoms with E-state index in [4.69, 9.17) is 0 Å². The second-order valence-electron chi connectivity index (χ2n) is 5.52. The van der Waals surface area contributed by atoms with Gasteiger partial charge in [0.1, 0.15) is 6.33 Å². The van der Waals surface area contributed by atoms with Gasteiger partial charge in [0.25, 0.3) is 15.9 Å². The van der Waals surface area contributed by atoms with E-state index in [0.29, 0.717) is 22.6 Å². The fourth-order valence-corrected chi connectivity index (χ4v) is 3.51. The van der Waals surface area contributed by atoms with E-state index in [9.17, 15) is 13.2 Å². The van der Waals surface area contributed by atoms with Crippen LogP contribution in [0.2, 0.25) is 0 Å². The monoisotopic (exact) mass is 371 g/mol. The second-order valence-corrected chi connectivity index (χ2v) is 7.20. The zero-order valence-corrected chi connectivity index (χ0v) is 15.0. The number of carbonyl (C=O) groups excluding carboxylic acids is 1.